The zero-order chi connectivity index (χ0) is 13.8. The minimum Gasteiger partial charge on any atom is -0.475 e. The fourth-order valence-electron chi connectivity index (χ4n) is 1.33. The first-order chi connectivity index (χ1) is 8.33. The van der Waals surface area contributed by atoms with Gasteiger partial charge in [-0.25, -0.2) is 8.78 Å². The number of hydrogen-bond donors (Lipinski definition) is 1. The van der Waals surface area contributed by atoms with Crippen LogP contribution in [-0.4, -0.2) is 12.1 Å². The van der Waals surface area contributed by atoms with Crippen LogP contribution in [0.2, 0.25) is 0 Å². The minimum atomic E-state index is -0.740. The number of rotatable bonds is 4. The fraction of sp³-hybridized carbons (Fsp3) is 0.429. The van der Waals surface area contributed by atoms with Crippen LogP contribution in [0.15, 0.2) is 12.1 Å². The molecular weight excluding hydrogens is 236 g/mol. The zero-order valence-corrected chi connectivity index (χ0v) is 10.8. The Morgan fingerprint density at radius 3 is 2.28 bits per heavy atom. The van der Waals surface area contributed by atoms with Crippen molar-refractivity contribution in [2.24, 2.45) is 0 Å². The molecule has 0 radical (unpaired) electrons. The molecule has 98 valence electrons. The molecule has 1 aromatic rings. The van der Waals surface area contributed by atoms with E-state index in [1.165, 1.54) is 12.1 Å². The summed E-state index contributed by atoms with van der Waals surface area (Å²) in [7, 11) is 0. The Morgan fingerprint density at radius 1 is 1.28 bits per heavy atom. The zero-order valence-electron chi connectivity index (χ0n) is 10.8. The molecular formula is C14H17F2NO. The van der Waals surface area contributed by atoms with E-state index in [0.29, 0.717) is 12.1 Å². The maximum Gasteiger partial charge on any atom is 0.192 e. The van der Waals surface area contributed by atoms with Crippen molar-refractivity contribution in [1.29, 1.82) is 0 Å². The minimum absolute atomic E-state index is 0.119. The molecule has 0 aliphatic carbocycles. The lowest BCUT2D eigenvalue weighted by Crippen LogP contribution is -2.35. The third-order valence-corrected chi connectivity index (χ3v) is 2.18. The van der Waals surface area contributed by atoms with Gasteiger partial charge in [0.15, 0.2) is 17.4 Å². The van der Waals surface area contributed by atoms with Crippen LogP contribution in [-0.2, 0) is 6.54 Å². The monoisotopic (exact) mass is 253 g/mol. The molecule has 0 saturated carbocycles. The van der Waals surface area contributed by atoms with Crippen LogP contribution in [0.1, 0.15) is 26.3 Å². The van der Waals surface area contributed by atoms with Crippen LogP contribution < -0.4 is 10.1 Å². The van der Waals surface area contributed by atoms with Crippen LogP contribution in [0.5, 0.6) is 5.75 Å². The van der Waals surface area contributed by atoms with Crippen molar-refractivity contribution in [3.8, 4) is 18.1 Å². The first-order valence-corrected chi connectivity index (χ1v) is 5.62. The second-order valence-electron chi connectivity index (χ2n) is 4.98. The lowest BCUT2D eigenvalue weighted by atomic mass is 10.1. The molecule has 1 aromatic carbocycles. The number of hydrogen-bond acceptors (Lipinski definition) is 2. The maximum absolute atomic E-state index is 13.6. The van der Waals surface area contributed by atoms with Crippen LogP contribution in [0, 0.1) is 24.0 Å². The van der Waals surface area contributed by atoms with E-state index < -0.39 is 17.4 Å². The van der Waals surface area contributed by atoms with E-state index >= 15 is 0 Å². The summed E-state index contributed by atoms with van der Waals surface area (Å²) in [6, 6.07) is 2.49. The summed E-state index contributed by atoms with van der Waals surface area (Å²) in [5.41, 5.74) is 0.402. The number of halogens is 2. The first kappa shape index (κ1) is 14.5. The lowest BCUT2D eigenvalue weighted by Gasteiger charge is -2.20. The highest BCUT2D eigenvalue weighted by molar-refractivity contribution is 5.31. The number of nitrogens with one attached hydrogen (secondary N) is 1. The van der Waals surface area contributed by atoms with E-state index in [-0.39, 0.29) is 12.1 Å². The van der Waals surface area contributed by atoms with Crippen LogP contribution in [0.4, 0.5) is 8.78 Å². The quantitative estimate of drug-likeness (QED) is 0.833. The molecule has 0 aliphatic heterocycles. The molecule has 0 amide bonds. The maximum atomic E-state index is 13.6. The molecule has 0 fully saturated rings. The molecule has 0 aromatic heterocycles. The normalized spacial score (nSPS) is 11.1. The molecule has 0 aliphatic rings. The summed E-state index contributed by atoms with van der Waals surface area (Å²) >= 11 is 0. The third kappa shape index (κ3) is 4.34. The van der Waals surface area contributed by atoms with E-state index in [4.69, 9.17) is 11.2 Å². The molecule has 0 unspecified atom stereocenters. The Morgan fingerprint density at radius 2 is 1.83 bits per heavy atom. The summed E-state index contributed by atoms with van der Waals surface area (Å²) in [5.74, 6) is 0.259. The van der Waals surface area contributed by atoms with Crippen molar-refractivity contribution >= 4 is 0 Å². The van der Waals surface area contributed by atoms with Crippen molar-refractivity contribution in [3.05, 3.63) is 29.3 Å². The van der Waals surface area contributed by atoms with Gasteiger partial charge in [-0.1, -0.05) is 5.92 Å². The predicted octanol–water partition coefficient (Wildman–Crippen LogP) is 2.86. The largest absolute Gasteiger partial charge is 0.475 e. The average Bonchev–Trinajstić information content (AvgIpc) is 2.24. The van der Waals surface area contributed by atoms with E-state index in [1.54, 1.807) is 0 Å². The average molecular weight is 253 g/mol. The topological polar surface area (TPSA) is 21.3 Å². The van der Waals surface area contributed by atoms with Gasteiger partial charge in [0.05, 0.1) is 0 Å². The number of terminal acetylenes is 1. The van der Waals surface area contributed by atoms with Crippen molar-refractivity contribution in [3.63, 3.8) is 0 Å². The van der Waals surface area contributed by atoms with Crippen molar-refractivity contribution in [1.82, 2.24) is 5.32 Å². The second-order valence-corrected chi connectivity index (χ2v) is 4.98. The summed E-state index contributed by atoms with van der Waals surface area (Å²) in [6.07, 6.45) is 4.97. The van der Waals surface area contributed by atoms with E-state index in [9.17, 15) is 8.78 Å². The number of ether oxygens (including phenoxy) is 1. The van der Waals surface area contributed by atoms with Crippen molar-refractivity contribution in [2.75, 3.05) is 6.61 Å². The molecule has 2 nitrogen and oxygen atoms in total. The Balaban J connectivity index is 2.83. The summed E-state index contributed by atoms with van der Waals surface area (Å²) < 4.78 is 32.0. The third-order valence-electron chi connectivity index (χ3n) is 2.18. The highest BCUT2D eigenvalue weighted by atomic mass is 19.1. The van der Waals surface area contributed by atoms with Gasteiger partial charge >= 0.3 is 0 Å². The molecule has 0 heterocycles. The van der Waals surface area contributed by atoms with Crippen LogP contribution >= 0.6 is 0 Å². The van der Waals surface area contributed by atoms with Gasteiger partial charge in [0.2, 0.25) is 0 Å². The van der Waals surface area contributed by atoms with Crippen molar-refractivity contribution < 1.29 is 13.5 Å². The number of benzene rings is 1. The van der Waals surface area contributed by atoms with Gasteiger partial charge in [-0.15, -0.1) is 6.42 Å². The Hall–Kier alpha value is -1.60. The summed E-state index contributed by atoms with van der Waals surface area (Å²) in [6.45, 7) is 6.15. The van der Waals surface area contributed by atoms with E-state index in [2.05, 4.69) is 11.2 Å². The SMILES string of the molecule is C#CCOc1c(F)cc(CNC(C)(C)C)cc1F. The molecule has 4 heteroatoms. The van der Waals surface area contributed by atoms with Gasteiger partial charge in [-0.2, -0.15) is 0 Å². The van der Waals surface area contributed by atoms with Crippen LogP contribution in [0.3, 0.4) is 0 Å². The van der Waals surface area contributed by atoms with Gasteiger partial charge in [-0.3, -0.25) is 0 Å². The Bertz CT molecular complexity index is 435. The fourth-order valence-corrected chi connectivity index (χ4v) is 1.33. The molecule has 1 N–H and O–H groups in total. The standard InChI is InChI=1S/C14H17F2NO/c1-5-6-18-13-11(15)7-10(8-12(13)16)9-17-14(2,3)4/h1,7-8,17H,6,9H2,2-4H3. The van der Waals surface area contributed by atoms with E-state index in [1.807, 2.05) is 20.8 Å². The van der Waals surface area contributed by atoms with E-state index in [0.717, 1.165) is 0 Å². The Labute approximate surface area is 106 Å². The van der Waals surface area contributed by atoms with Gasteiger partial charge < -0.3 is 10.1 Å². The Kier molecular flexibility index (Phi) is 4.69. The molecule has 18 heavy (non-hydrogen) atoms. The molecule has 0 bridgehead atoms. The van der Waals surface area contributed by atoms with Crippen LogP contribution in [0.25, 0.3) is 0 Å². The van der Waals surface area contributed by atoms with Gasteiger partial charge in [0.25, 0.3) is 0 Å². The second kappa shape index (κ2) is 5.83. The van der Waals surface area contributed by atoms with Crippen molar-refractivity contribution in [2.45, 2.75) is 32.9 Å². The molecule has 0 spiro atoms. The molecule has 1 rings (SSSR count). The van der Waals surface area contributed by atoms with Gasteiger partial charge in [0, 0.05) is 12.1 Å². The van der Waals surface area contributed by atoms with Gasteiger partial charge in [0.1, 0.15) is 6.61 Å². The summed E-state index contributed by atoms with van der Waals surface area (Å²) in [4.78, 5) is 0. The lowest BCUT2D eigenvalue weighted by molar-refractivity contribution is 0.325. The first-order valence-electron chi connectivity index (χ1n) is 5.62. The highest BCUT2D eigenvalue weighted by Crippen LogP contribution is 2.23. The molecule has 0 atom stereocenters. The predicted molar refractivity (Wildman–Crippen MR) is 67.3 cm³/mol. The molecule has 0 saturated heterocycles. The summed E-state index contributed by atoms with van der Waals surface area (Å²) in [5, 5.41) is 3.15. The smallest absolute Gasteiger partial charge is 0.192 e. The van der Waals surface area contributed by atoms with Gasteiger partial charge in [-0.05, 0) is 38.5 Å². The highest BCUT2D eigenvalue weighted by Gasteiger charge is 2.14.